The van der Waals surface area contributed by atoms with Gasteiger partial charge in [-0.3, -0.25) is 0 Å². The predicted octanol–water partition coefficient (Wildman–Crippen LogP) is 9.97. The quantitative estimate of drug-likeness (QED) is 0.263. The minimum Gasteiger partial charge on any atom is -0.356 e. The van der Waals surface area contributed by atoms with Gasteiger partial charge in [-0.15, -0.1) is 0 Å². The summed E-state index contributed by atoms with van der Waals surface area (Å²) in [7, 11) is 0. The predicted molar refractivity (Wildman–Crippen MR) is 162 cm³/mol. The van der Waals surface area contributed by atoms with Crippen LogP contribution in [0, 0.1) is 5.92 Å². The lowest BCUT2D eigenvalue weighted by Gasteiger charge is -2.34. The van der Waals surface area contributed by atoms with Crippen molar-refractivity contribution in [2.45, 2.75) is 78.1 Å². The van der Waals surface area contributed by atoms with Crippen molar-refractivity contribution in [3.63, 3.8) is 0 Å². The van der Waals surface area contributed by atoms with Crippen LogP contribution in [0.4, 0.5) is 17.1 Å². The number of unbranched alkanes of at least 4 members (excludes halogenated alkanes) is 2. The van der Waals surface area contributed by atoms with Gasteiger partial charge in [0.15, 0.2) is 0 Å². The van der Waals surface area contributed by atoms with Crippen molar-refractivity contribution in [2.24, 2.45) is 5.92 Å². The van der Waals surface area contributed by atoms with Gasteiger partial charge in [0.1, 0.15) is 0 Å². The Kier molecular flexibility index (Phi) is 9.28. The second-order valence-corrected chi connectivity index (χ2v) is 11.0. The first-order valence-electron chi connectivity index (χ1n) is 14.2. The minimum atomic E-state index is 0.0545. The average Bonchev–Trinajstić information content (AvgIpc) is 2.93. The summed E-state index contributed by atoms with van der Waals surface area (Å²) in [4.78, 5) is 0. The van der Waals surface area contributed by atoms with E-state index in [9.17, 15) is 0 Å². The maximum absolute atomic E-state index is 3.59. The zero-order chi connectivity index (χ0) is 26.1. The summed E-state index contributed by atoms with van der Waals surface area (Å²) in [5, 5.41) is 7.14. The van der Waals surface area contributed by atoms with Crippen LogP contribution in [-0.4, -0.2) is 0 Å². The fraction of sp³-hybridized carbons (Fsp3) is 0.371. The van der Waals surface area contributed by atoms with E-state index in [2.05, 4.69) is 129 Å². The van der Waals surface area contributed by atoms with Crippen LogP contribution in [0.3, 0.4) is 0 Å². The highest BCUT2D eigenvalue weighted by Crippen LogP contribution is 2.38. The monoisotopic (exact) mass is 492 g/mol. The number of aryl methyl sites for hydroxylation is 2. The maximum Gasteiger partial charge on any atom is 0.0384 e. The molecule has 0 aromatic heterocycles. The van der Waals surface area contributed by atoms with E-state index < -0.39 is 0 Å². The average molecular weight is 493 g/mol. The molecule has 1 aliphatic rings. The molecule has 194 valence electrons. The van der Waals surface area contributed by atoms with E-state index in [0.717, 1.165) is 29.9 Å². The van der Waals surface area contributed by atoms with Gasteiger partial charge in [-0.25, -0.2) is 0 Å². The van der Waals surface area contributed by atoms with E-state index in [-0.39, 0.29) is 5.41 Å². The van der Waals surface area contributed by atoms with Crippen molar-refractivity contribution in [3.8, 4) is 0 Å². The molecule has 4 rings (SSSR count). The van der Waals surface area contributed by atoms with Crippen LogP contribution in [0.2, 0.25) is 0 Å². The third-order valence-corrected chi connectivity index (χ3v) is 7.78. The standard InChI is InChI=1S/C35H44N2/c1-5-7-9-27-11-19-31(20-12-27)36-33-23-15-29(16-24-33)35(3,4)30-17-25-34(26-18-30)37-32-21-13-28(14-22-32)10-8-6-2/h11-17,19-26,30,36-37H,5-10,18H2,1-4H3. The Balaban J connectivity index is 1.32. The van der Waals surface area contributed by atoms with Crippen LogP contribution < -0.4 is 10.6 Å². The summed E-state index contributed by atoms with van der Waals surface area (Å²) in [5.41, 5.74) is 8.88. The van der Waals surface area contributed by atoms with Crippen molar-refractivity contribution in [1.82, 2.24) is 0 Å². The number of allylic oxidation sites excluding steroid dienone is 3. The molecule has 0 bridgehead atoms. The Labute approximate surface area is 224 Å². The molecule has 0 radical (unpaired) electrons. The van der Waals surface area contributed by atoms with Gasteiger partial charge in [-0.1, -0.05) is 89.1 Å². The smallest absolute Gasteiger partial charge is 0.0384 e. The van der Waals surface area contributed by atoms with Crippen LogP contribution in [0.25, 0.3) is 0 Å². The molecule has 0 saturated heterocycles. The first-order valence-corrected chi connectivity index (χ1v) is 14.2. The maximum atomic E-state index is 3.59. The Morgan fingerprint density at radius 3 is 1.62 bits per heavy atom. The molecule has 3 aromatic carbocycles. The summed E-state index contributed by atoms with van der Waals surface area (Å²) < 4.78 is 0. The van der Waals surface area contributed by atoms with Crippen molar-refractivity contribution in [1.29, 1.82) is 0 Å². The van der Waals surface area contributed by atoms with Crippen LogP contribution in [0.1, 0.15) is 76.5 Å². The van der Waals surface area contributed by atoms with Crippen molar-refractivity contribution >= 4 is 17.1 Å². The molecule has 3 aromatic rings. The lowest BCUT2D eigenvalue weighted by molar-refractivity contribution is 0.381. The fourth-order valence-electron chi connectivity index (χ4n) is 5.05. The van der Waals surface area contributed by atoms with Crippen molar-refractivity contribution in [2.75, 3.05) is 10.6 Å². The number of anilines is 3. The molecule has 2 N–H and O–H groups in total. The molecule has 0 amide bonds. The van der Waals surface area contributed by atoms with E-state index >= 15 is 0 Å². The number of benzene rings is 3. The minimum absolute atomic E-state index is 0.0545. The summed E-state index contributed by atoms with van der Waals surface area (Å²) in [6, 6.07) is 26.7. The number of hydrogen-bond donors (Lipinski definition) is 2. The first-order chi connectivity index (χ1) is 18.0. The van der Waals surface area contributed by atoms with Gasteiger partial charge in [-0.05, 0) is 103 Å². The number of hydrogen-bond acceptors (Lipinski definition) is 2. The molecule has 0 heterocycles. The van der Waals surface area contributed by atoms with Gasteiger partial charge in [0.25, 0.3) is 0 Å². The van der Waals surface area contributed by atoms with Gasteiger partial charge in [-0.2, -0.15) is 0 Å². The van der Waals surface area contributed by atoms with E-state index in [4.69, 9.17) is 0 Å². The second-order valence-electron chi connectivity index (χ2n) is 11.0. The zero-order valence-electron chi connectivity index (χ0n) is 23.2. The third-order valence-electron chi connectivity index (χ3n) is 7.78. The highest BCUT2D eigenvalue weighted by molar-refractivity contribution is 5.60. The zero-order valence-corrected chi connectivity index (χ0v) is 23.2. The SMILES string of the molecule is CCCCc1ccc(NC2=CCC(C(C)(C)c3ccc(Nc4ccc(CCCC)cc4)cc3)C=C2)cc1. The molecule has 0 aliphatic heterocycles. The Morgan fingerprint density at radius 1 is 0.676 bits per heavy atom. The van der Waals surface area contributed by atoms with Gasteiger partial charge >= 0.3 is 0 Å². The Bertz CT molecular complexity index is 1170. The van der Waals surface area contributed by atoms with Gasteiger partial charge in [0, 0.05) is 22.8 Å². The van der Waals surface area contributed by atoms with Crippen LogP contribution >= 0.6 is 0 Å². The van der Waals surface area contributed by atoms with Crippen molar-refractivity contribution in [3.05, 3.63) is 113 Å². The molecule has 2 nitrogen and oxygen atoms in total. The molecule has 1 unspecified atom stereocenters. The molecule has 37 heavy (non-hydrogen) atoms. The topological polar surface area (TPSA) is 24.1 Å². The molecule has 1 aliphatic carbocycles. The van der Waals surface area contributed by atoms with E-state index in [1.165, 1.54) is 54.5 Å². The third kappa shape index (κ3) is 7.38. The van der Waals surface area contributed by atoms with Gasteiger partial charge in [0.2, 0.25) is 0 Å². The van der Waals surface area contributed by atoms with Crippen LogP contribution in [-0.2, 0) is 18.3 Å². The summed E-state index contributed by atoms with van der Waals surface area (Å²) in [6.45, 7) is 9.21. The van der Waals surface area contributed by atoms with Crippen LogP contribution in [0.15, 0.2) is 96.7 Å². The highest BCUT2D eigenvalue weighted by Gasteiger charge is 2.30. The molecular weight excluding hydrogens is 448 g/mol. The largest absolute Gasteiger partial charge is 0.356 e. The lowest BCUT2D eigenvalue weighted by Crippen LogP contribution is -2.28. The van der Waals surface area contributed by atoms with E-state index in [1.807, 2.05) is 0 Å². The van der Waals surface area contributed by atoms with Gasteiger partial charge < -0.3 is 10.6 Å². The molecule has 0 spiro atoms. The highest BCUT2D eigenvalue weighted by atomic mass is 14.9. The molecule has 0 saturated carbocycles. The second kappa shape index (κ2) is 12.8. The molecule has 0 fully saturated rings. The summed E-state index contributed by atoms with van der Waals surface area (Å²) in [5.74, 6) is 0.462. The van der Waals surface area contributed by atoms with Gasteiger partial charge in [0.05, 0.1) is 0 Å². The molecular formula is C35H44N2. The molecule has 1 atom stereocenters. The number of rotatable bonds is 12. The fourth-order valence-corrected chi connectivity index (χ4v) is 5.05. The summed E-state index contributed by atoms with van der Waals surface area (Å²) in [6.07, 6.45) is 15.3. The number of nitrogens with one attached hydrogen (secondary N) is 2. The van der Waals surface area contributed by atoms with Crippen LogP contribution in [0.5, 0.6) is 0 Å². The first kappa shape index (κ1) is 26.8. The van der Waals surface area contributed by atoms with E-state index in [1.54, 1.807) is 0 Å². The van der Waals surface area contributed by atoms with E-state index in [0.29, 0.717) is 5.92 Å². The Hall–Kier alpha value is -3.26. The summed E-state index contributed by atoms with van der Waals surface area (Å²) >= 11 is 0. The lowest BCUT2D eigenvalue weighted by atomic mass is 9.70. The molecule has 2 heteroatoms. The Morgan fingerprint density at radius 2 is 1.16 bits per heavy atom. The normalized spacial score (nSPS) is 15.4. The van der Waals surface area contributed by atoms with Crippen molar-refractivity contribution < 1.29 is 0 Å².